The van der Waals surface area contributed by atoms with Crippen molar-refractivity contribution in [1.29, 1.82) is 0 Å². The van der Waals surface area contributed by atoms with E-state index < -0.39 is 23.3 Å². The summed E-state index contributed by atoms with van der Waals surface area (Å²) in [6.45, 7) is 1.28. The van der Waals surface area contributed by atoms with Gasteiger partial charge in [-0.25, -0.2) is 0 Å². The molecule has 26 heavy (non-hydrogen) atoms. The van der Waals surface area contributed by atoms with E-state index in [2.05, 4.69) is 10.6 Å². The number of amides is 2. The van der Waals surface area contributed by atoms with E-state index in [1.807, 2.05) is 0 Å². The van der Waals surface area contributed by atoms with Gasteiger partial charge in [-0.3, -0.25) is 9.59 Å². The maximum absolute atomic E-state index is 13.0. The van der Waals surface area contributed by atoms with Crippen molar-refractivity contribution in [2.24, 2.45) is 0 Å². The van der Waals surface area contributed by atoms with Gasteiger partial charge in [-0.1, -0.05) is 23.7 Å². The number of alkyl halides is 3. The first-order valence-corrected chi connectivity index (χ1v) is 7.64. The van der Waals surface area contributed by atoms with Crippen molar-refractivity contribution >= 4 is 34.8 Å². The molecule has 0 aliphatic rings. The van der Waals surface area contributed by atoms with E-state index >= 15 is 0 Å². The number of halogens is 4. The topological polar surface area (TPSA) is 67.4 Å². The fourth-order valence-corrected chi connectivity index (χ4v) is 2.43. The second kappa shape index (κ2) is 7.65. The molecule has 2 rings (SSSR count). The van der Waals surface area contributed by atoms with Gasteiger partial charge >= 0.3 is 6.18 Å². The summed E-state index contributed by atoms with van der Waals surface area (Å²) in [7, 11) is 1.28. The molecule has 2 amide bonds. The Balaban J connectivity index is 2.39. The van der Waals surface area contributed by atoms with E-state index in [-0.39, 0.29) is 27.9 Å². The van der Waals surface area contributed by atoms with Gasteiger partial charge in [0.1, 0.15) is 5.75 Å². The van der Waals surface area contributed by atoms with E-state index in [0.717, 1.165) is 12.1 Å². The van der Waals surface area contributed by atoms with Crippen molar-refractivity contribution < 1.29 is 27.5 Å². The van der Waals surface area contributed by atoms with E-state index in [1.165, 1.54) is 38.3 Å². The van der Waals surface area contributed by atoms with Crippen LogP contribution >= 0.6 is 11.6 Å². The van der Waals surface area contributed by atoms with Gasteiger partial charge in [-0.05, 0) is 18.2 Å². The molecular weight excluding hydrogens is 373 g/mol. The predicted octanol–water partition coefficient (Wildman–Crippen LogP) is 4.58. The molecule has 0 saturated carbocycles. The first-order chi connectivity index (χ1) is 12.1. The van der Waals surface area contributed by atoms with Crippen molar-refractivity contribution in [1.82, 2.24) is 0 Å². The molecule has 0 aromatic heterocycles. The highest BCUT2D eigenvalue weighted by Crippen LogP contribution is 2.36. The Labute approximate surface area is 152 Å². The third kappa shape index (κ3) is 4.45. The third-order valence-electron chi connectivity index (χ3n) is 3.33. The highest BCUT2D eigenvalue weighted by molar-refractivity contribution is 6.34. The van der Waals surface area contributed by atoms with Crippen molar-refractivity contribution in [3.05, 3.63) is 52.5 Å². The molecule has 2 aromatic rings. The molecule has 138 valence electrons. The van der Waals surface area contributed by atoms with Gasteiger partial charge < -0.3 is 15.4 Å². The molecule has 0 heterocycles. The molecule has 0 spiro atoms. The molecule has 0 aliphatic heterocycles. The zero-order valence-corrected chi connectivity index (χ0v) is 14.5. The van der Waals surface area contributed by atoms with Crippen LogP contribution in [0.5, 0.6) is 5.75 Å². The maximum Gasteiger partial charge on any atom is 0.418 e. The molecule has 2 N–H and O–H groups in total. The summed E-state index contributed by atoms with van der Waals surface area (Å²) in [6.07, 6.45) is -4.62. The number of hydrogen-bond donors (Lipinski definition) is 2. The third-order valence-corrected chi connectivity index (χ3v) is 3.64. The Kier molecular flexibility index (Phi) is 5.76. The van der Waals surface area contributed by atoms with Crippen LogP contribution in [-0.4, -0.2) is 18.9 Å². The molecule has 0 aliphatic carbocycles. The van der Waals surface area contributed by atoms with Crippen LogP contribution in [-0.2, 0) is 11.0 Å². The zero-order valence-electron chi connectivity index (χ0n) is 13.7. The summed E-state index contributed by atoms with van der Waals surface area (Å²) in [5, 5.41) is 4.71. The Hall–Kier alpha value is -2.74. The Morgan fingerprint density at radius 2 is 1.73 bits per heavy atom. The minimum atomic E-state index is -4.62. The SMILES string of the molecule is COc1cc(NC(C)=O)c(Cl)cc1C(=O)Nc1ccccc1C(F)(F)F. The van der Waals surface area contributed by atoms with Crippen LogP contribution < -0.4 is 15.4 Å². The number of benzene rings is 2. The fourth-order valence-electron chi connectivity index (χ4n) is 2.21. The average Bonchev–Trinajstić information content (AvgIpc) is 2.55. The Bertz CT molecular complexity index is 854. The zero-order chi connectivity index (χ0) is 19.5. The molecule has 0 fully saturated rings. The van der Waals surface area contributed by atoms with Crippen molar-refractivity contribution in [2.45, 2.75) is 13.1 Å². The Morgan fingerprint density at radius 3 is 2.31 bits per heavy atom. The lowest BCUT2D eigenvalue weighted by molar-refractivity contribution is -0.136. The van der Waals surface area contributed by atoms with Crippen LogP contribution in [0.1, 0.15) is 22.8 Å². The lowest BCUT2D eigenvalue weighted by Crippen LogP contribution is -2.17. The standard InChI is InChI=1S/C17H14ClF3N2O3/c1-9(24)22-14-8-15(26-2)10(7-12(14)18)16(25)23-13-6-4-3-5-11(13)17(19,20)21/h3-8H,1-2H3,(H,22,24)(H,23,25). The quantitative estimate of drug-likeness (QED) is 0.808. The average molecular weight is 387 g/mol. The molecule has 0 atom stereocenters. The van der Waals surface area contributed by atoms with Crippen molar-refractivity contribution in [3.63, 3.8) is 0 Å². The lowest BCUT2D eigenvalue weighted by atomic mass is 10.1. The number of para-hydroxylation sites is 1. The number of ether oxygens (including phenoxy) is 1. The molecule has 0 bridgehead atoms. The van der Waals surface area contributed by atoms with Gasteiger partial charge in [0.05, 0.1) is 34.6 Å². The van der Waals surface area contributed by atoms with E-state index in [4.69, 9.17) is 16.3 Å². The summed E-state index contributed by atoms with van der Waals surface area (Å²) in [4.78, 5) is 23.6. The second-order valence-corrected chi connectivity index (χ2v) is 5.62. The van der Waals surface area contributed by atoms with Gasteiger partial charge in [0, 0.05) is 13.0 Å². The number of rotatable bonds is 4. The monoisotopic (exact) mass is 386 g/mol. The Morgan fingerprint density at radius 1 is 1.08 bits per heavy atom. The molecule has 2 aromatic carbocycles. The van der Waals surface area contributed by atoms with Gasteiger partial charge in [0.2, 0.25) is 5.91 Å². The van der Waals surface area contributed by atoms with Gasteiger partial charge in [0.15, 0.2) is 0 Å². The van der Waals surface area contributed by atoms with Crippen LogP contribution in [0.15, 0.2) is 36.4 Å². The van der Waals surface area contributed by atoms with Crippen molar-refractivity contribution in [2.75, 3.05) is 17.7 Å². The lowest BCUT2D eigenvalue weighted by Gasteiger charge is -2.16. The number of anilines is 2. The van der Waals surface area contributed by atoms with E-state index in [9.17, 15) is 22.8 Å². The first kappa shape index (κ1) is 19.6. The molecular formula is C17H14ClF3N2O3. The highest BCUT2D eigenvalue weighted by atomic mass is 35.5. The van der Waals surface area contributed by atoms with Crippen molar-refractivity contribution in [3.8, 4) is 5.75 Å². The first-order valence-electron chi connectivity index (χ1n) is 7.26. The minimum absolute atomic E-state index is 0.0373. The number of carbonyl (C=O) groups is 2. The fraction of sp³-hybridized carbons (Fsp3) is 0.176. The maximum atomic E-state index is 13.0. The summed E-state index contributed by atoms with van der Waals surface area (Å²) in [5.74, 6) is -1.18. The van der Waals surface area contributed by atoms with E-state index in [1.54, 1.807) is 0 Å². The molecule has 9 heteroatoms. The molecule has 0 saturated heterocycles. The summed E-state index contributed by atoms with van der Waals surface area (Å²) in [5.41, 5.74) is -1.24. The van der Waals surface area contributed by atoms with Crippen LogP contribution in [0.4, 0.5) is 24.5 Å². The minimum Gasteiger partial charge on any atom is -0.496 e. The van der Waals surface area contributed by atoms with E-state index in [0.29, 0.717) is 0 Å². The number of hydrogen-bond acceptors (Lipinski definition) is 3. The largest absolute Gasteiger partial charge is 0.496 e. The molecule has 0 unspecified atom stereocenters. The molecule has 0 radical (unpaired) electrons. The van der Waals surface area contributed by atoms with Gasteiger partial charge in [-0.15, -0.1) is 0 Å². The number of carbonyl (C=O) groups excluding carboxylic acids is 2. The van der Waals surface area contributed by atoms with Gasteiger partial charge in [0.25, 0.3) is 5.91 Å². The molecule has 5 nitrogen and oxygen atoms in total. The summed E-state index contributed by atoms with van der Waals surface area (Å²) in [6, 6.07) is 7.11. The second-order valence-electron chi connectivity index (χ2n) is 5.21. The summed E-state index contributed by atoms with van der Waals surface area (Å²) < 4.78 is 44.2. The van der Waals surface area contributed by atoms with Crippen LogP contribution in [0.25, 0.3) is 0 Å². The van der Waals surface area contributed by atoms with Gasteiger partial charge in [-0.2, -0.15) is 13.2 Å². The number of nitrogens with one attached hydrogen (secondary N) is 2. The smallest absolute Gasteiger partial charge is 0.418 e. The predicted molar refractivity (Wildman–Crippen MR) is 91.7 cm³/mol. The highest BCUT2D eigenvalue weighted by Gasteiger charge is 2.33. The summed E-state index contributed by atoms with van der Waals surface area (Å²) >= 11 is 6.02. The normalized spacial score (nSPS) is 11.0. The number of methoxy groups -OCH3 is 1. The van der Waals surface area contributed by atoms with Crippen LogP contribution in [0.2, 0.25) is 5.02 Å². The van der Waals surface area contributed by atoms with Crippen LogP contribution in [0.3, 0.4) is 0 Å². The van der Waals surface area contributed by atoms with Crippen LogP contribution in [0, 0.1) is 0 Å².